The van der Waals surface area contributed by atoms with Gasteiger partial charge in [0.25, 0.3) is 0 Å². The van der Waals surface area contributed by atoms with Crippen molar-refractivity contribution >= 4 is 6.03 Å². The average molecular weight is 243 g/mol. The van der Waals surface area contributed by atoms with E-state index in [4.69, 9.17) is 15.6 Å². The van der Waals surface area contributed by atoms with Crippen molar-refractivity contribution in [1.82, 2.24) is 9.78 Å². The van der Waals surface area contributed by atoms with E-state index in [-0.39, 0.29) is 5.69 Å². The molecule has 1 amide bonds. The number of nitrogens with zero attached hydrogens (tertiary/aromatic N) is 2. The summed E-state index contributed by atoms with van der Waals surface area (Å²) in [5, 5.41) is 32.0. The second-order valence-corrected chi connectivity index (χ2v) is 3.78. The van der Waals surface area contributed by atoms with E-state index in [1.54, 1.807) is 0 Å². The zero-order valence-electron chi connectivity index (χ0n) is 8.80. The molecule has 0 radical (unpaired) electrons. The Labute approximate surface area is 96.2 Å². The summed E-state index contributed by atoms with van der Waals surface area (Å²) in [6.07, 6.45) is -2.82. The summed E-state index contributed by atoms with van der Waals surface area (Å²) >= 11 is 0. The van der Waals surface area contributed by atoms with Gasteiger partial charge >= 0.3 is 6.03 Å². The van der Waals surface area contributed by atoms with E-state index in [0.717, 1.165) is 4.68 Å². The van der Waals surface area contributed by atoms with Gasteiger partial charge in [-0.1, -0.05) is 0 Å². The van der Waals surface area contributed by atoms with Crippen LogP contribution in [0.25, 0.3) is 0 Å². The molecule has 1 fully saturated rings. The number of rotatable bonds is 2. The second-order valence-electron chi connectivity index (χ2n) is 3.78. The highest BCUT2D eigenvalue weighted by atomic mass is 16.6. The lowest BCUT2D eigenvalue weighted by Crippen LogP contribution is -2.32. The van der Waals surface area contributed by atoms with Gasteiger partial charge in [0.2, 0.25) is 0 Å². The van der Waals surface area contributed by atoms with Gasteiger partial charge in [0.1, 0.15) is 24.4 Å². The molecule has 0 aromatic carbocycles. The largest absolute Gasteiger partial charge is 0.394 e. The van der Waals surface area contributed by atoms with Gasteiger partial charge in [-0.2, -0.15) is 9.78 Å². The predicted molar refractivity (Wildman–Crippen MR) is 53.9 cm³/mol. The minimum atomic E-state index is -1.21. The van der Waals surface area contributed by atoms with Gasteiger partial charge in [0.15, 0.2) is 0 Å². The summed E-state index contributed by atoms with van der Waals surface area (Å²) in [6, 6.07) is 0.688. The molecule has 94 valence electrons. The third kappa shape index (κ3) is 2.03. The zero-order valence-corrected chi connectivity index (χ0v) is 8.80. The molecule has 5 N–H and O–H groups in total. The number of nitrogens with two attached hydrogens (primary N) is 1. The number of hydrogen-bond donors (Lipinski definition) is 4. The Kier molecular flexibility index (Phi) is 3.11. The fraction of sp³-hybridized carbons (Fsp3) is 0.556. The molecule has 4 atom stereocenters. The van der Waals surface area contributed by atoms with Crippen molar-refractivity contribution in [3.63, 3.8) is 0 Å². The lowest BCUT2D eigenvalue weighted by Gasteiger charge is -2.11. The van der Waals surface area contributed by atoms with Crippen LogP contribution < -0.4 is 5.73 Å². The van der Waals surface area contributed by atoms with Gasteiger partial charge in [-0.05, 0) is 6.07 Å². The fourth-order valence-corrected chi connectivity index (χ4v) is 1.76. The maximum Gasteiger partial charge on any atom is 0.339 e. The lowest BCUT2D eigenvalue weighted by atomic mass is 10.1. The summed E-state index contributed by atoms with van der Waals surface area (Å²) in [7, 11) is 0. The van der Waals surface area contributed by atoms with Crippen LogP contribution >= 0.6 is 0 Å². The van der Waals surface area contributed by atoms with Crippen molar-refractivity contribution in [3.05, 3.63) is 18.0 Å². The molecule has 8 heteroatoms. The molecule has 17 heavy (non-hydrogen) atoms. The minimum absolute atomic E-state index is 0.270. The standard InChI is InChI=1S/C9H13N3O5/c10-9(16)12-2-1-4(11-12)8-7(15)6(14)5(3-13)17-8/h1-2,5-8,13-15H,3H2,(H2,10,16)/t5-,6-,7-,8+/m1/s1. The van der Waals surface area contributed by atoms with E-state index < -0.39 is 37.1 Å². The molecule has 8 nitrogen and oxygen atoms in total. The molecule has 0 aliphatic carbocycles. The van der Waals surface area contributed by atoms with E-state index in [1.807, 2.05) is 0 Å². The molecule has 2 heterocycles. The van der Waals surface area contributed by atoms with Crippen molar-refractivity contribution in [2.75, 3.05) is 6.61 Å². The van der Waals surface area contributed by atoms with E-state index in [9.17, 15) is 15.0 Å². The Balaban J connectivity index is 2.19. The highest BCUT2D eigenvalue weighted by Gasteiger charge is 2.44. The van der Waals surface area contributed by atoms with Crippen molar-refractivity contribution in [2.24, 2.45) is 5.73 Å². The van der Waals surface area contributed by atoms with Crippen LogP contribution in [0.5, 0.6) is 0 Å². The zero-order chi connectivity index (χ0) is 12.6. The maximum atomic E-state index is 10.8. The highest BCUT2D eigenvalue weighted by molar-refractivity contribution is 5.73. The molecule has 0 spiro atoms. The van der Waals surface area contributed by atoms with Crippen molar-refractivity contribution in [2.45, 2.75) is 24.4 Å². The van der Waals surface area contributed by atoms with Gasteiger partial charge in [0, 0.05) is 6.20 Å². The van der Waals surface area contributed by atoms with Crippen LogP contribution in [0.3, 0.4) is 0 Å². The molecule has 0 unspecified atom stereocenters. The van der Waals surface area contributed by atoms with Crippen LogP contribution in [0.4, 0.5) is 4.79 Å². The molecule has 0 saturated carbocycles. The maximum absolute atomic E-state index is 10.8. The molecule has 1 aliphatic rings. The molecule has 2 rings (SSSR count). The van der Waals surface area contributed by atoms with Crippen LogP contribution in [-0.4, -0.2) is 56.0 Å². The van der Waals surface area contributed by atoms with E-state index in [2.05, 4.69) is 5.10 Å². The van der Waals surface area contributed by atoms with E-state index in [0.29, 0.717) is 0 Å². The van der Waals surface area contributed by atoms with Gasteiger partial charge in [-0.25, -0.2) is 4.79 Å². The third-order valence-electron chi connectivity index (χ3n) is 2.67. The Hall–Kier alpha value is -1.48. The highest BCUT2D eigenvalue weighted by Crippen LogP contribution is 2.32. The van der Waals surface area contributed by atoms with Crippen LogP contribution in [-0.2, 0) is 4.74 Å². The topological polar surface area (TPSA) is 131 Å². The van der Waals surface area contributed by atoms with E-state index in [1.165, 1.54) is 12.3 Å². The van der Waals surface area contributed by atoms with E-state index >= 15 is 0 Å². The molecular weight excluding hydrogens is 230 g/mol. The number of aliphatic hydroxyl groups excluding tert-OH is 3. The van der Waals surface area contributed by atoms with Crippen LogP contribution in [0, 0.1) is 0 Å². The lowest BCUT2D eigenvalue weighted by molar-refractivity contribution is -0.0240. The fourth-order valence-electron chi connectivity index (χ4n) is 1.76. The first-order chi connectivity index (χ1) is 8.04. The summed E-state index contributed by atoms with van der Waals surface area (Å²) < 4.78 is 6.13. The smallest absolute Gasteiger partial charge is 0.339 e. The first-order valence-electron chi connectivity index (χ1n) is 5.02. The van der Waals surface area contributed by atoms with Crippen LogP contribution in [0.2, 0.25) is 0 Å². The van der Waals surface area contributed by atoms with Crippen LogP contribution in [0.1, 0.15) is 11.8 Å². The number of ether oxygens (including phenoxy) is 1. The Bertz CT molecular complexity index is 421. The number of primary amides is 1. The number of carbonyl (C=O) groups is 1. The average Bonchev–Trinajstić information content (AvgIpc) is 2.87. The second kappa shape index (κ2) is 4.41. The van der Waals surface area contributed by atoms with Gasteiger partial charge in [-0.3, -0.25) is 0 Å². The SMILES string of the molecule is NC(=O)n1ccc([C@@H]2O[C@H](CO)[C@@H](O)[C@H]2O)n1. The monoisotopic (exact) mass is 243 g/mol. The molecule has 1 aliphatic heterocycles. The number of aliphatic hydroxyl groups is 3. The predicted octanol–water partition coefficient (Wildman–Crippen LogP) is -2.04. The molecular formula is C9H13N3O5. The molecule has 1 aromatic rings. The summed E-state index contributed by atoms with van der Waals surface area (Å²) in [5.74, 6) is 0. The van der Waals surface area contributed by atoms with Crippen LogP contribution in [0.15, 0.2) is 12.3 Å². The molecule has 1 aromatic heterocycles. The third-order valence-corrected chi connectivity index (χ3v) is 2.67. The number of aromatic nitrogens is 2. The van der Waals surface area contributed by atoms with Crippen molar-refractivity contribution in [1.29, 1.82) is 0 Å². The first-order valence-corrected chi connectivity index (χ1v) is 5.02. The number of carbonyl (C=O) groups excluding carboxylic acids is 1. The molecule has 1 saturated heterocycles. The van der Waals surface area contributed by atoms with Gasteiger partial charge < -0.3 is 25.8 Å². The van der Waals surface area contributed by atoms with Crippen molar-refractivity contribution < 1.29 is 24.9 Å². The van der Waals surface area contributed by atoms with Gasteiger partial charge in [-0.15, -0.1) is 0 Å². The van der Waals surface area contributed by atoms with Crippen molar-refractivity contribution in [3.8, 4) is 0 Å². The minimum Gasteiger partial charge on any atom is -0.394 e. The van der Waals surface area contributed by atoms with Gasteiger partial charge in [0.05, 0.1) is 12.3 Å². The Morgan fingerprint density at radius 1 is 1.53 bits per heavy atom. The first kappa shape index (κ1) is 12.0. The number of amides is 1. The normalized spacial score (nSPS) is 32.9. The quantitative estimate of drug-likeness (QED) is 0.473. The summed E-state index contributed by atoms with van der Waals surface area (Å²) in [4.78, 5) is 10.8. The number of hydrogen-bond acceptors (Lipinski definition) is 6. The Morgan fingerprint density at radius 3 is 2.71 bits per heavy atom. The summed E-state index contributed by atoms with van der Waals surface area (Å²) in [5.41, 5.74) is 5.28. The molecule has 0 bridgehead atoms. The summed E-state index contributed by atoms with van der Waals surface area (Å²) in [6.45, 7) is -0.411. The Morgan fingerprint density at radius 2 is 2.24 bits per heavy atom.